The van der Waals surface area contributed by atoms with Crippen LogP contribution in [0.25, 0.3) is 0 Å². The third kappa shape index (κ3) is 1.17. The van der Waals surface area contributed by atoms with Gasteiger partial charge in [0.1, 0.15) is 0 Å². The molecule has 2 saturated heterocycles. The SMILES string of the molecule is CC(C)C1COC12CCOCC2. The molecular weight excluding hydrogens is 152 g/mol. The van der Waals surface area contributed by atoms with Crippen LogP contribution in [0.3, 0.4) is 0 Å². The number of rotatable bonds is 1. The smallest absolute Gasteiger partial charge is 0.0778 e. The fraction of sp³-hybridized carbons (Fsp3) is 1.00. The van der Waals surface area contributed by atoms with Crippen LogP contribution < -0.4 is 0 Å². The van der Waals surface area contributed by atoms with Gasteiger partial charge in [0.2, 0.25) is 0 Å². The Labute approximate surface area is 74.2 Å². The largest absolute Gasteiger partial charge is 0.381 e. The maximum absolute atomic E-state index is 5.75. The first-order valence-corrected chi connectivity index (χ1v) is 4.96. The lowest BCUT2D eigenvalue weighted by atomic mass is 9.71. The second kappa shape index (κ2) is 3.00. The van der Waals surface area contributed by atoms with Crippen LogP contribution in [0, 0.1) is 11.8 Å². The lowest BCUT2D eigenvalue weighted by Crippen LogP contribution is -2.58. The van der Waals surface area contributed by atoms with E-state index >= 15 is 0 Å². The molecule has 70 valence electrons. The van der Waals surface area contributed by atoms with Gasteiger partial charge in [0.15, 0.2) is 0 Å². The lowest BCUT2D eigenvalue weighted by Gasteiger charge is -2.53. The van der Waals surface area contributed by atoms with Crippen LogP contribution in [0.4, 0.5) is 0 Å². The summed E-state index contributed by atoms with van der Waals surface area (Å²) < 4.78 is 11.1. The molecule has 2 nitrogen and oxygen atoms in total. The van der Waals surface area contributed by atoms with E-state index in [2.05, 4.69) is 13.8 Å². The minimum absolute atomic E-state index is 0.215. The molecule has 2 fully saturated rings. The van der Waals surface area contributed by atoms with Crippen molar-refractivity contribution in [3.63, 3.8) is 0 Å². The van der Waals surface area contributed by atoms with Gasteiger partial charge >= 0.3 is 0 Å². The summed E-state index contributed by atoms with van der Waals surface area (Å²) in [6, 6.07) is 0. The molecule has 1 spiro atoms. The van der Waals surface area contributed by atoms with E-state index in [0.29, 0.717) is 0 Å². The molecule has 2 heterocycles. The van der Waals surface area contributed by atoms with E-state index in [0.717, 1.165) is 44.5 Å². The Hall–Kier alpha value is -0.0800. The molecule has 2 heteroatoms. The van der Waals surface area contributed by atoms with Crippen molar-refractivity contribution in [1.29, 1.82) is 0 Å². The zero-order valence-electron chi connectivity index (χ0n) is 8.01. The van der Waals surface area contributed by atoms with Gasteiger partial charge in [0.05, 0.1) is 12.2 Å². The molecule has 0 radical (unpaired) electrons. The third-order valence-electron chi connectivity index (χ3n) is 3.37. The molecule has 2 aliphatic rings. The number of hydrogen-bond acceptors (Lipinski definition) is 2. The predicted octanol–water partition coefficient (Wildman–Crippen LogP) is 1.84. The molecule has 1 atom stereocenters. The zero-order valence-corrected chi connectivity index (χ0v) is 8.01. The van der Waals surface area contributed by atoms with E-state index in [4.69, 9.17) is 9.47 Å². The molecule has 0 amide bonds. The molecular formula is C10H18O2. The van der Waals surface area contributed by atoms with E-state index in [9.17, 15) is 0 Å². The molecule has 0 saturated carbocycles. The van der Waals surface area contributed by atoms with Crippen LogP contribution in [0.2, 0.25) is 0 Å². The maximum atomic E-state index is 5.75. The Balaban J connectivity index is 2.00. The highest BCUT2D eigenvalue weighted by molar-refractivity contribution is 4.98. The standard InChI is InChI=1S/C10H18O2/c1-8(2)9-7-12-10(9)3-5-11-6-4-10/h8-9H,3-7H2,1-2H3. The molecule has 2 aliphatic heterocycles. The van der Waals surface area contributed by atoms with Crippen molar-refractivity contribution in [3.05, 3.63) is 0 Å². The first kappa shape index (κ1) is 8.52. The summed E-state index contributed by atoms with van der Waals surface area (Å²) in [5, 5.41) is 0. The minimum atomic E-state index is 0.215. The first-order valence-electron chi connectivity index (χ1n) is 4.96. The summed E-state index contributed by atoms with van der Waals surface area (Å²) in [7, 11) is 0. The van der Waals surface area contributed by atoms with Gasteiger partial charge in [-0.1, -0.05) is 13.8 Å². The van der Waals surface area contributed by atoms with Gasteiger partial charge in [-0.2, -0.15) is 0 Å². The van der Waals surface area contributed by atoms with Gasteiger partial charge in [-0.15, -0.1) is 0 Å². The normalized spacial score (nSPS) is 33.8. The van der Waals surface area contributed by atoms with Crippen molar-refractivity contribution in [2.75, 3.05) is 19.8 Å². The second-order valence-electron chi connectivity index (χ2n) is 4.34. The minimum Gasteiger partial charge on any atom is -0.381 e. The van der Waals surface area contributed by atoms with E-state index in [-0.39, 0.29) is 5.60 Å². The van der Waals surface area contributed by atoms with E-state index < -0.39 is 0 Å². The highest BCUT2D eigenvalue weighted by Gasteiger charge is 2.49. The van der Waals surface area contributed by atoms with Crippen LogP contribution >= 0.6 is 0 Å². The Kier molecular flexibility index (Phi) is 2.13. The molecule has 0 aliphatic carbocycles. The van der Waals surface area contributed by atoms with Crippen molar-refractivity contribution < 1.29 is 9.47 Å². The lowest BCUT2D eigenvalue weighted by molar-refractivity contribution is -0.249. The van der Waals surface area contributed by atoms with Crippen LogP contribution in [0.15, 0.2) is 0 Å². The van der Waals surface area contributed by atoms with Gasteiger partial charge in [-0.3, -0.25) is 0 Å². The summed E-state index contributed by atoms with van der Waals surface area (Å²) in [6.45, 7) is 7.35. The van der Waals surface area contributed by atoms with Crippen molar-refractivity contribution >= 4 is 0 Å². The monoisotopic (exact) mass is 170 g/mol. The Morgan fingerprint density at radius 3 is 2.33 bits per heavy atom. The molecule has 0 N–H and O–H groups in total. The summed E-state index contributed by atoms with van der Waals surface area (Å²) in [5.41, 5.74) is 0.215. The van der Waals surface area contributed by atoms with Crippen LogP contribution in [-0.4, -0.2) is 25.4 Å². The molecule has 0 bridgehead atoms. The first-order chi connectivity index (χ1) is 5.75. The van der Waals surface area contributed by atoms with Crippen LogP contribution in [-0.2, 0) is 9.47 Å². The van der Waals surface area contributed by atoms with Gasteiger partial charge in [-0.25, -0.2) is 0 Å². The maximum Gasteiger partial charge on any atom is 0.0778 e. The van der Waals surface area contributed by atoms with E-state index in [1.165, 1.54) is 0 Å². The fourth-order valence-electron chi connectivity index (χ4n) is 2.45. The van der Waals surface area contributed by atoms with Gasteiger partial charge < -0.3 is 9.47 Å². The van der Waals surface area contributed by atoms with Gasteiger partial charge in [-0.05, 0) is 5.92 Å². The highest BCUT2D eigenvalue weighted by atomic mass is 16.5. The Morgan fingerprint density at radius 1 is 1.25 bits per heavy atom. The summed E-state index contributed by atoms with van der Waals surface area (Å²) in [4.78, 5) is 0. The molecule has 0 aromatic heterocycles. The average molecular weight is 170 g/mol. The third-order valence-corrected chi connectivity index (χ3v) is 3.37. The average Bonchev–Trinajstić information content (AvgIpc) is 2.03. The second-order valence-corrected chi connectivity index (χ2v) is 4.34. The van der Waals surface area contributed by atoms with E-state index in [1.807, 2.05) is 0 Å². The highest BCUT2D eigenvalue weighted by Crippen LogP contribution is 2.44. The predicted molar refractivity (Wildman–Crippen MR) is 47.1 cm³/mol. The summed E-state index contributed by atoms with van der Waals surface area (Å²) >= 11 is 0. The van der Waals surface area contributed by atoms with Crippen molar-refractivity contribution in [3.8, 4) is 0 Å². The molecule has 12 heavy (non-hydrogen) atoms. The zero-order chi connectivity index (χ0) is 8.60. The molecule has 2 rings (SSSR count). The molecule has 0 aromatic carbocycles. The Morgan fingerprint density at radius 2 is 1.92 bits per heavy atom. The van der Waals surface area contributed by atoms with Crippen molar-refractivity contribution in [1.82, 2.24) is 0 Å². The number of ether oxygens (including phenoxy) is 2. The van der Waals surface area contributed by atoms with Crippen LogP contribution in [0.5, 0.6) is 0 Å². The van der Waals surface area contributed by atoms with Gasteiger partial charge in [0, 0.05) is 32.0 Å². The number of hydrogen-bond donors (Lipinski definition) is 0. The van der Waals surface area contributed by atoms with Crippen molar-refractivity contribution in [2.24, 2.45) is 11.8 Å². The van der Waals surface area contributed by atoms with Gasteiger partial charge in [0.25, 0.3) is 0 Å². The summed E-state index contributed by atoms with van der Waals surface area (Å²) in [5.74, 6) is 1.54. The quantitative estimate of drug-likeness (QED) is 0.598. The van der Waals surface area contributed by atoms with Crippen LogP contribution in [0.1, 0.15) is 26.7 Å². The van der Waals surface area contributed by atoms with Crippen molar-refractivity contribution in [2.45, 2.75) is 32.3 Å². The molecule has 1 unspecified atom stereocenters. The topological polar surface area (TPSA) is 18.5 Å². The summed E-state index contributed by atoms with van der Waals surface area (Å²) in [6.07, 6.45) is 2.21. The van der Waals surface area contributed by atoms with E-state index in [1.54, 1.807) is 0 Å². The fourth-order valence-corrected chi connectivity index (χ4v) is 2.45. The molecule has 0 aromatic rings. The Bertz CT molecular complexity index is 159.